The number of aryl methyl sites for hydroxylation is 2. The summed E-state index contributed by atoms with van der Waals surface area (Å²) < 4.78 is 0. The van der Waals surface area contributed by atoms with Crippen LogP contribution < -0.4 is 10.2 Å². The Morgan fingerprint density at radius 3 is 2.66 bits per heavy atom. The second-order valence-electron chi connectivity index (χ2n) is 9.13. The van der Waals surface area contributed by atoms with E-state index in [-0.39, 0.29) is 23.8 Å². The number of fused-ring (bicyclic) bond motifs is 2. The highest BCUT2D eigenvalue weighted by Gasteiger charge is 2.43. The largest absolute Gasteiger partial charge is 0.353 e. The van der Waals surface area contributed by atoms with Gasteiger partial charge in [0, 0.05) is 38.6 Å². The number of aromatic nitrogens is 2. The molecule has 2 aliphatic heterocycles. The standard InChI is InChI=1S/C22H31N5O2/c28-21-14-17(16-6-2-4-8-19(16)23-21)22(29)27-11-9-26(10-12-27)20-13-15-5-1-3-7-18(15)24-25-20/h13,16-17,19H,1-12,14H2,(H,23,28). The summed E-state index contributed by atoms with van der Waals surface area (Å²) >= 11 is 0. The van der Waals surface area contributed by atoms with Crippen LogP contribution in [-0.4, -0.2) is 59.1 Å². The maximum Gasteiger partial charge on any atom is 0.226 e. The van der Waals surface area contributed by atoms with Crippen molar-refractivity contribution in [2.45, 2.75) is 63.8 Å². The first-order valence-electron chi connectivity index (χ1n) is 11.4. The van der Waals surface area contributed by atoms with Gasteiger partial charge in [-0.1, -0.05) is 12.8 Å². The Balaban J connectivity index is 1.23. The Kier molecular flexibility index (Phi) is 5.14. The number of nitrogens with zero attached hydrogens (tertiary/aromatic N) is 4. The summed E-state index contributed by atoms with van der Waals surface area (Å²) in [6, 6.07) is 2.41. The van der Waals surface area contributed by atoms with Crippen LogP contribution in [0.15, 0.2) is 6.07 Å². The molecular formula is C22H31N5O2. The van der Waals surface area contributed by atoms with E-state index in [1.807, 2.05) is 4.90 Å². The van der Waals surface area contributed by atoms with Gasteiger partial charge in [0.15, 0.2) is 5.82 Å². The molecule has 1 aromatic heterocycles. The summed E-state index contributed by atoms with van der Waals surface area (Å²) in [6.45, 7) is 2.97. The van der Waals surface area contributed by atoms with Crippen LogP contribution in [0.3, 0.4) is 0 Å². The van der Waals surface area contributed by atoms with E-state index in [0.717, 1.165) is 56.7 Å². The van der Waals surface area contributed by atoms with Crippen molar-refractivity contribution >= 4 is 17.6 Å². The number of anilines is 1. The maximum atomic E-state index is 13.3. The van der Waals surface area contributed by atoms with E-state index in [4.69, 9.17) is 0 Å². The van der Waals surface area contributed by atoms with Crippen molar-refractivity contribution in [3.63, 3.8) is 0 Å². The van der Waals surface area contributed by atoms with Gasteiger partial charge in [0.05, 0.1) is 11.6 Å². The average molecular weight is 398 g/mol. The van der Waals surface area contributed by atoms with Gasteiger partial charge in [0.2, 0.25) is 11.8 Å². The molecule has 1 saturated carbocycles. The van der Waals surface area contributed by atoms with Gasteiger partial charge in [-0.15, -0.1) is 5.10 Å². The van der Waals surface area contributed by atoms with Crippen LogP contribution in [0.25, 0.3) is 0 Å². The summed E-state index contributed by atoms with van der Waals surface area (Å²) in [7, 11) is 0. The molecule has 0 bridgehead atoms. The Labute approximate surface area is 172 Å². The number of carbonyl (C=O) groups is 2. The molecular weight excluding hydrogens is 366 g/mol. The zero-order valence-corrected chi connectivity index (χ0v) is 17.1. The van der Waals surface area contributed by atoms with Crippen LogP contribution in [0.2, 0.25) is 0 Å². The Morgan fingerprint density at radius 2 is 1.79 bits per heavy atom. The molecule has 0 spiro atoms. The van der Waals surface area contributed by atoms with E-state index in [1.165, 1.54) is 24.8 Å². The van der Waals surface area contributed by atoms with Crippen molar-refractivity contribution < 1.29 is 9.59 Å². The van der Waals surface area contributed by atoms with E-state index in [9.17, 15) is 9.59 Å². The van der Waals surface area contributed by atoms with Crippen LogP contribution in [0.5, 0.6) is 0 Å². The number of rotatable bonds is 2. The van der Waals surface area contributed by atoms with Crippen LogP contribution in [0, 0.1) is 11.8 Å². The van der Waals surface area contributed by atoms with Crippen molar-refractivity contribution in [2.75, 3.05) is 31.1 Å². The smallest absolute Gasteiger partial charge is 0.226 e. The average Bonchev–Trinajstić information content (AvgIpc) is 2.78. The topological polar surface area (TPSA) is 78.4 Å². The zero-order chi connectivity index (χ0) is 19.8. The molecule has 7 nitrogen and oxygen atoms in total. The fourth-order valence-corrected chi connectivity index (χ4v) is 5.73. The third-order valence-electron chi connectivity index (χ3n) is 7.38. The molecule has 0 radical (unpaired) electrons. The highest BCUT2D eigenvalue weighted by atomic mass is 16.2. The van der Waals surface area contributed by atoms with E-state index >= 15 is 0 Å². The van der Waals surface area contributed by atoms with E-state index < -0.39 is 0 Å². The molecule has 1 aromatic rings. The van der Waals surface area contributed by atoms with Crippen LogP contribution >= 0.6 is 0 Å². The van der Waals surface area contributed by atoms with Crippen molar-refractivity contribution in [1.82, 2.24) is 20.4 Å². The monoisotopic (exact) mass is 397 g/mol. The van der Waals surface area contributed by atoms with Gasteiger partial charge in [0.1, 0.15) is 0 Å². The number of piperazine rings is 1. The number of nitrogens with one attached hydrogen (secondary N) is 1. The number of amides is 2. The molecule has 2 amide bonds. The Morgan fingerprint density at radius 1 is 1.00 bits per heavy atom. The molecule has 156 valence electrons. The van der Waals surface area contributed by atoms with Gasteiger partial charge in [0.25, 0.3) is 0 Å². The molecule has 3 heterocycles. The fourth-order valence-electron chi connectivity index (χ4n) is 5.73. The molecule has 0 aromatic carbocycles. The molecule has 1 N–H and O–H groups in total. The van der Waals surface area contributed by atoms with E-state index in [2.05, 4.69) is 26.5 Å². The lowest BCUT2D eigenvalue weighted by atomic mass is 9.72. The minimum absolute atomic E-state index is 0.0504. The third kappa shape index (κ3) is 3.71. The summed E-state index contributed by atoms with van der Waals surface area (Å²) in [4.78, 5) is 29.7. The Bertz CT molecular complexity index is 789. The number of carbonyl (C=O) groups excluding carboxylic acids is 2. The lowest BCUT2D eigenvalue weighted by Gasteiger charge is -2.43. The molecule has 5 rings (SSSR count). The van der Waals surface area contributed by atoms with Crippen molar-refractivity contribution in [3.05, 3.63) is 17.3 Å². The summed E-state index contributed by atoms with van der Waals surface area (Å²) in [5, 5.41) is 12.0. The first kappa shape index (κ1) is 18.8. The van der Waals surface area contributed by atoms with Crippen LogP contribution in [-0.2, 0) is 22.4 Å². The van der Waals surface area contributed by atoms with Crippen molar-refractivity contribution in [1.29, 1.82) is 0 Å². The second-order valence-corrected chi connectivity index (χ2v) is 9.13. The third-order valence-corrected chi connectivity index (χ3v) is 7.38. The lowest BCUT2D eigenvalue weighted by molar-refractivity contribution is -0.145. The molecule has 7 heteroatoms. The predicted molar refractivity (Wildman–Crippen MR) is 109 cm³/mol. The lowest BCUT2D eigenvalue weighted by Crippen LogP contribution is -2.57. The summed E-state index contributed by atoms with van der Waals surface area (Å²) in [5.41, 5.74) is 2.50. The van der Waals surface area contributed by atoms with Gasteiger partial charge in [-0.2, -0.15) is 5.10 Å². The molecule has 4 aliphatic rings. The Hall–Kier alpha value is -2.18. The van der Waals surface area contributed by atoms with E-state index in [0.29, 0.717) is 25.4 Å². The van der Waals surface area contributed by atoms with Gasteiger partial charge in [-0.05, 0) is 56.1 Å². The SMILES string of the molecule is O=C1CC(C(=O)N2CCN(c3cc4c(nn3)CCCC4)CC2)C2CCCCC2N1. The quantitative estimate of drug-likeness (QED) is 0.822. The fraction of sp³-hybridized carbons (Fsp3) is 0.727. The van der Waals surface area contributed by atoms with Gasteiger partial charge in [-0.3, -0.25) is 9.59 Å². The number of hydrogen-bond acceptors (Lipinski definition) is 5. The first-order chi connectivity index (χ1) is 14.2. The second kappa shape index (κ2) is 7.92. The van der Waals surface area contributed by atoms with Crippen LogP contribution in [0.1, 0.15) is 56.2 Å². The summed E-state index contributed by atoms with van der Waals surface area (Å²) in [5.74, 6) is 1.37. The normalized spacial score (nSPS) is 29.7. The highest BCUT2D eigenvalue weighted by molar-refractivity contribution is 5.87. The van der Waals surface area contributed by atoms with Gasteiger partial charge >= 0.3 is 0 Å². The van der Waals surface area contributed by atoms with E-state index in [1.54, 1.807) is 0 Å². The minimum atomic E-state index is -0.135. The van der Waals surface area contributed by atoms with Gasteiger partial charge in [-0.25, -0.2) is 0 Å². The maximum absolute atomic E-state index is 13.3. The summed E-state index contributed by atoms with van der Waals surface area (Å²) in [6.07, 6.45) is 9.35. The molecule has 2 saturated heterocycles. The predicted octanol–water partition coefficient (Wildman–Crippen LogP) is 1.70. The minimum Gasteiger partial charge on any atom is -0.353 e. The molecule has 2 aliphatic carbocycles. The molecule has 3 atom stereocenters. The van der Waals surface area contributed by atoms with Crippen molar-refractivity contribution in [2.24, 2.45) is 11.8 Å². The van der Waals surface area contributed by atoms with Gasteiger partial charge < -0.3 is 15.1 Å². The number of hydrogen-bond donors (Lipinski definition) is 1. The van der Waals surface area contributed by atoms with Crippen LogP contribution in [0.4, 0.5) is 5.82 Å². The zero-order valence-electron chi connectivity index (χ0n) is 17.1. The molecule has 29 heavy (non-hydrogen) atoms. The van der Waals surface area contributed by atoms with Crippen molar-refractivity contribution in [3.8, 4) is 0 Å². The molecule has 3 fully saturated rings. The highest BCUT2D eigenvalue weighted by Crippen LogP contribution is 2.36. The molecule has 3 unspecified atom stereocenters. The number of piperidine rings is 1. The first-order valence-corrected chi connectivity index (χ1v) is 11.4.